The van der Waals surface area contributed by atoms with Gasteiger partial charge in [-0.25, -0.2) is 0 Å². The molecule has 0 aliphatic rings. The molecule has 0 atom stereocenters. The van der Waals surface area contributed by atoms with Gasteiger partial charge in [0.05, 0.1) is 0 Å². The first-order chi connectivity index (χ1) is 4.79. The van der Waals surface area contributed by atoms with E-state index in [1.54, 1.807) is 0 Å². The molecule has 0 amide bonds. The van der Waals surface area contributed by atoms with Gasteiger partial charge < -0.3 is 17.0 Å². The maximum atomic E-state index is 3.05. The van der Waals surface area contributed by atoms with Crippen LogP contribution in [0.25, 0.3) is 0 Å². The van der Waals surface area contributed by atoms with Crippen LogP contribution in [0.5, 0.6) is 0 Å². The predicted molar refractivity (Wildman–Crippen MR) is 52.0 cm³/mol. The number of hydrogen-bond acceptors (Lipinski definition) is 1. The molecular weight excluding hydrogens is 244 g/mol. The van der Waals surface area contributed by atoms with Gasteiger partial charge in [-0.3, -0.25) is 0 Å². The maximum Gasteiger partial charge on any atom is 2.00 e. The molecule has 0 aromatic heterocycles. The Morgan fingerprint density at radius 2 is 2.08 bits per heavy atom. The Labute approximate surface area is 105 Å². The van der Waals surface area contributed by atoms with Gasteiger partial charge in [0.15, 0.2) is 0 Å². The van der Waals surface area contributed by atoms with Gasteiger partial charge in [0.1, 0.15) is 0 Å². The van der Waals surface area contributed by atoms with Crippen molar-refractivity contribution in [3.05, 3.63) is 30.3 Å². The largest absolute Gasteiger partial charge is 2.00 e. The minimum Gasteiger partial charge on any atom is -1.00 e. The van der Waals surface area contributed by atoms with Crippen molar-refractivity contribution < 1.29 is 17.0 Å². The third-order valence-corrected chi connectivity index (χ3v) is 2.05. The van der Waals surface area contributed by atoms with Gasteiger partial charge in [-0.15, -0.1) is 4.90 Å². The van der Waals surface area contributed by atoms with Gasteiger partial charge in [-0.2, -0.15) is 42.1 Å². The maximum absolute atomic E-state index is 3.05. The smallest absolute Gasteiger partial charge is 1.00 e. The Bertz CT molecular complexity index is 189. The first kappa shape index (κ1) is 15.3. The van der Waals surface area contributed by atoms with E-state index in [-0.39, 0.29) is 40.0 Å². The van der Waals surface area contributed by atoms with Crippen molar-refractivity contribution in [1.82, 2.24) is 0 Å². The van der Waals surface area contributed by atoms with E-state index in [2.05, 4.69) is 26.0 Å². The molecule has 0 unspecified atom stereocenters. The van der Waals surface area contributed by atoms with Crippen LogP contribution in [0.2, 0.25) is 0 Å². The Morgan fingerprint density at radius 3 is 2.50 bits per heavy atom. The summed E-state index contributed by atoms with van der Waals surface area (Å²) in [7, 11) is 0. The first-order valence-corrected chi connectivity index (χ1v) is 4.30. The molecule has 0 radical (unpaired) electrons. The van der Waals surface area contributed by atoms with E-state index >= 15 is 0 Å². The summed E-state index contributed by atoms with van der Waals surface area (Å²) in [6.45, 7) is 4.38. The molecule has 0 saturated heterocycles. The van der Waals surface area contributed by atoms with E-state index < -0.39 is 0 Å². The van der Waals surface area contributed by atoms with Crippen molar-refractivity contribution in [2.45, 2.75) is 24.0 Å². The third-order valence-electron chi connectivity index (χ3n) is 1.05. The van der Waals surface area contributed by atoms with Crippen molar-refractivity contribution in [1.29, 1.82) is 0 Å². The summed E-state index contributed by atoms with van der Waals surface area (Å²) in [5, 5.41) is 0.663. The van der Waals surface area contributed by atoms with E-state index in [0.29, 0.717) is 5.25 Å². The quantitative estimate of drug-likeness (QED) is 0.394. The van der Waals surface area contributed by atoms with Crippen LogP contribution in [0, 0.1) is 6.07 Å². The molecule has 1 aromatic carbocycles. The van der Waals surface area contributed by atoms with Crippen molar-refractivity contribution in [2.75, 3.05) is 0 Å². The van der Waals surface area contributed by atoms with Crippen LogP contribution >= 0.6 is 11.8 Å². The monoisotopic (exact) mass is 254 g/mol. The zero-order chi connectivity index (χ0) is 7.40. The fourth-order valence-corrected chi connectivity index (χ4v) is 1.56. The van der Waals surface area contributed by atoms with Gasteiger partial charge in [0, 0.05) is 0 Å². The van der Waals surface area contributed by atoms with Crippen molar-refractivity contribution in [2.24, 2.45) is 0 Å². The minimum absolute atomic E-state index is 0. The number of thioether (sulfide) groups is 1. The van der Waals surface area contributed by atoms with Crippen LogP contribution in [0.4, 0.5) is 0 Å². The van der Waals surface area contributed by atoms with E-state index in [4.69, 9.17) is 0 Å². The molecule has 62 valence electrons. The Balaban J connectivity index is 0. The van der Waals surface area contributed by atoms with Crippen LogP contribution in [0.1, 0.15) is 13.8 Å². The Hall–Kier alpha value is 0.816. The molecule has 0 N–H and O–H groups in total. The second kappa shape index (κ2) is 8.42. The summed E-state index contributed by atoms with van der Waals surface area (Å²) < 4.78 is 0. The van der Waals surface area contributed by atoms with Crippen LogP contribution < -0.4 is 17.0 Å². The SMILES string of the molecule is CC(C)Sc1c[c-]ccc1.[Br-].[Mg+2]. The standard InChI is InChI=1S/C9H11S.BrH.Mg/c1-8(2)10-9-6-4-3-5-7-9;;/h3-4,6-8H,1-2H3;1H;/q-1;;+2/p-1. The number of rotatable bonds is 2. The van der Waals surface area contributed by atoms with Crippen LogP contribution in [0.3, 0.4) is 0 Å². The van der Waals surface area contributed by atoms with E-state index in [9.17, 15) is 0 Å². The minimum atomic E-state index is 0. The van der Waals surface area contributed by atoms with Crippen molar-refractivity contribution in [3.8, 4) is 0 Å². The predicted octanol–water partition coefficient (Wildman–Crippen LogP) is -0.390. The van der Waals surface area contributed by atoms with Crippen LogP contribution in [-0.4, -0.2) is 28.3 Å². The second-order valence-electron chi connectivity index (χ2n) is 2.41. The normalized spacial score (nSPS) is 8.58. The summed E-state index contributed by atoms with van der Waals surface area (Å²) in [4.78, 5) is 1.30. The molecule has 0 heterocycles. The van der Waals surface area contributed by atoms with E-state index in [0.717, 1.165) is 0 Å². The van der Waals surface area contributed by atoms with Gasteiger partial charge in [-0.05, 0) is 5.25 Å². The molecule has 0 aliphatic heterocycles. The molecule has 1 rings (SSSR count). The van der Waals surface area contributed by atoms with Crippen LogP contribution in [0.15, 0.2) is 29.2 Å². The average molecular weight is 255 g/mol. The molecule has 0 bridgehead atoms. The molecule has 12 heavy (non-hydrogen) atoms. The summed E-state index contributed by atoms with van der Waals surface area (Å²) >= 11 is 1.87. The van der Waals surface area contributed by atoms with Crippen LogP contribution in [-0.2, 0) is 0 Å². The number of hydrogen-bond donors (Lipinski definition) is 0. The first-order valence-electron chi connectivity index (χ1n) is 3.42. The van der Waals surface area contributed by atoms with Gasteiger partial charge >= 0.3 is 23.1 Å². The Morgan fingerprint density at radius 1 is 1.42 bits per heavy atom. The third kappa shape index (κ3) is 6.35. The fourth-order valence-electron chi connectivity index (χ4n) is 0.722. The molecule has 3 heteroatoms. The molecule has 0 nitrogen and oxygen atoms in total. The molecule has 0 spiro atoms. The summed E-state index contributed by atoms with van der Waals surface area (Å²) in [6.07, 6.45) is 0. The van der Waals surface area contributed by atoms with Gasteiger partial charge in [0.2, 0.25) is 0 Å². The molecule has 0 saturated carbocycles. The molecule has 0 fully saturated rings. The molecule has 1 aromatic rings. The zero-order valence-electron chi connectivity index (χ0n) is 7.38. The Kier molecular flexibility index (Phi) is 10.7. The fraction of sp³-hybridized carbons (Fsp3) is 0.333. The van der Waals surface area contributed by atoms with Gasteiger partial charge in [0.25, 0.3) is 0 Å². The summed E-state index contributed by atoms with van der Waals surface area (Å²) in [5.74, 6) is 0. The van der Waals surface area contributed by atoms with E-state index in [1.165, 1.54) is 4.90 Å². The summed E-state index contributed by atoms with van der Waals surface area (Å²) in [6, 6.07) is 11.1. The zero-order valence-corrected chi connectivity index (χ0v) is 11.2. The topological polar surface area (TPSA) is 0 Å². The summed E-state index contributed by atoms with van der Waals surface area (Å²) in [5.41, 5.74) is 0. The second-order valence-corrected chi connectivity index (χ2v) is 4.06. The van der Waals surface area contributed by atoms with Gasteiger partial charge in [-0.1, -0.05) is 13.8 Å². The number of halogens is 1. The van der Waals surface area contributed by atoms with E-state index in [1.807, 2.05) is 30.0 Å². The van der Waals surface area contributed by atoms with Crippen molar-refractivity contribution >= 4 is 34.8 Å². The number of benzene rings is 1. The molecule has 0 aliphatic carbocycles. The average Bonchev–Trinajstić information content (AvgIpc) is 1.88. The molecular formula is C9H11BrMgS. The van der Waals surface area contributed by atoms with Crippen molar-refractivity contribution in [3.63, 3.8) is 0 Å².